The third kappa shape index (κ3) is 5.88. The van der Waals surface area contributed by atoms with Gasteiger partial charge in [-0.15, -0.1) is 0 Å². The van der Waals surface area contributed by atoms with E-state index in [0.29, 0.717) is 19.4 Å². The Morgan fingerprint density at radius 3 is 2.68 bits per heavy atom. The summed E-state index contributed by atoms with van der Waals surface area (Å²) < 4.78 is 30.8. The summed E-state index contributed by atoms with van der Waals surface area (Å²) >= 11 is 0. The third-order valence-corrected chi connectivity index (χ3v) is 4.99. The number of nitrogens with one attached hydrogen (secondary N) is 1. The van der Waals surface area contributed by atoms with Crippen molar-refractivity contribution in [3.05, 3.63) is 0 Å². The summed E-state index contributed by atoms with van der Waals surface area (Å²) in [4.78, 5) is 11.1. The van der Waals surface area contributed by atoms with Crippen molar-refractivity contribution in [1.29, 1.82) is 0 Å². The van der Waals surface area contributed by atoms with E-state index in [4.69, 9.17) is 9.84 Å². The van der Waals surface area contributed by atoms with Crippen molar-refractivity contribution in [2.45, 2.75) is 32.1 Å². The highest BCUT2D eigenvalue weighted by Crippen LogP contribution is 2.29. The lowest BCUT2D eigenvalue weighted by Gasteiger charge is -2.28. The highest BCUT2D eigenvalue weighted by Gasteiger charge is 2.31. The van der Waals surface area contributed by atoms with Crippen molar-refractivity contribution in [3.8, 4) is 0 Å². The van der Waals surface area contributed by atoms with Crippen LogP contribution in [0.1, 0.15) is 32.1 Å². The Labute approximate surface area is 114 Å². The number of carbonyl (C=O) groups is 1. The highest BCUT2D eigenvalue weighted by atomic mass is 32.2. The SMILES string of the molecule is COCCCS(=O)(=O)NCC1CCCCC1C(=O)O. The van der Waals surface area contributed by atoms with Gasteiger partial charge in [-0.3, -0.25) is 4.79 Å². The second-order valence-corrected chi connectivity index (χ2v) is 6.93. The molecule has 19 heavy (non-hydrogen) atoms. The number of aliphatic carboxylic acids is 1. The molecule has 0 saturated heterocycles. The quantitative estimate of drug-likeness (QED) is 0.647. The smallest absolute Gasteiger partial charge is 0.306 e. The van der Waals surface area contributed by atoms with E-state index < -0.39 is 21.9 Å². The Bertz CT molecular complexity index is 382. The van der Waals surface area contributed by atoms with Crippen molar-refractivity contribution in [1.82, 2.24) is 4.72 Å². The molecule has 0 aromatic heterocycles. The van der Waals surface area contributed by atoms with E-state index in [0.717, 1.165) is 19.3 Å². The molecule has 0 aromatic carbocycles. The number of hydrogen-bond donors (Lipinski definition) is 2. The standard InChI is InChI=1S/C12H23NO5S/c1-18-7-4-8-19(16,17)13-9-10-5-2-3-6-11(10)12(14)15/h10-11,13H,2-9H2,1H3,(H,14,15). The molecule has 1 saturated carbocycles. The van der Waals surface area contributed by atoms with Gasteiger partial charge in [0, 0.05) is 20.3 Å². The fraction of sp³-hybridized carbons (Fsp3) is 0.917. The van der Waals surface area contributed by atoms with E-state index in [9.17, 15) is 13.2 Å². The molecule has 112 valence electrons. The molecule has 0 bridgehead atoms. The molecule has 0 aromatic rings. The lowest BCUT2D eigenvalue weighted by Crippen LogP contribution is -2.38. The molecule has 1 aliphatic rings. The van der Waals surface area contributed by atoms with Crippen molar-refractivity contribution in [2.24, 2.45) is 11.8 Å². The summed E-state index contributed by atoms with van der Waals surface area (Å²) in [5.41, 5.74) is 0. The first-order chi connectivity index (χ1) is 8.96. The Hall–Kier alpha value is -0.660. The Morgan fingerprint density at radius 1 is 1.37 bits per heavy atom. The van der Waals surface area contributed by atoms with E-state index in [1.54, 1.807) is 0 Å². The van der Waals surface area contributed by atoms with Crippen molar-refractivity contribution < 1.29 is 23.1 Å². The van der Waals surface area contributed by atoms with Crippen LogP contribution in [0, 0.1) is 11.8 Å². The van der Waals surface area contributed by atoms with Gasteiger partial charge in [0.05, 0.1) is 11.7 Å². The first-order valence-electron chi connectivity index (χ1n) is 6.65. The van der Waals surface area contributed by atoms with E-state index in [1.165, 1.54) is 7.11 Å². The largest absolute Gasteiger partial charge is 0.481 e. The van der Waals surface area contributed by atoms with Gasteiger partial charge in [-0.1, -0.05) is 12.8 Å². The van der Waals surface area contributed by atoms with Crippen LogP contribution in [-0.2, 0) is 19.6 Å². The molecule has 0 radical (unpaired) electrons. The Kier molecular flexibility index (Phi) is 6.74. The first-order valence-corrected chi connectivity index (χ1v) is 8.30. The van der Waals surface area contributed by atoms with Crippen LogP contribution in [0.5, 0.6) is 0 Å². The molecule has 2 atom stereocenters. The second kappa shape index (κ2) is 7.81. The third-order valence-electron chi connectivity index (χ3n) is 3.55. The average Bonchev–Trinajstić information content (AvgIpc) is 2.37. The topological polar surface area (TPSA) is 92.7 Å². The highest BCUT2D eigenvalue weighted by molar-refractivity contribution is 7.89. The molecule has 2 unspecified atom stereocenters. The van der Waals surface area contributed by atoms with Gasteiger partial charge in [0.1, 0.15) is 0 Å². The Morgan fingerprint density at radius 2 is 2.05 bits per heavy atom. The molecule has 0 aliphatic heterocycles. The lowest BCUT2D eigenvalue weighted by molar-refractivity contribution is -0.144. The van der Waals surface area contributed by atoms with Gasteiger partial charge in [0.2, 0.25) is 10.0 Å². The van der Waals surface area contributed by atoms with Gasteiger partial charge in [-0.25, -0.2) is 13.1 Å². The van der Waals surface area contributed by atoms with Crippen LogP contribution >= 0.6 is 0 Å². The van der Waals surface area contributed by atoms with Crippen LogP contribution in [0.2, 0.25) is 0 Å². The van der Waals surface area contributed by atoms with Crippen LogP contribution in [0.15, 0.2) is 0 Å². The summed E-state index contributed by atoms with van der Waals surface area (Å²) in [6.07, 6.45) is 3.75. The minimum absolute atomic E-state index is 0.0191. The maximum atomic E-state index is 11.7. The van der Waals surface area contributed by atoms with Gasteiger partial charge >= 0.3 is 5.97 Å². The van der Waals surface area contributed by atoms with Crippen molar-refractivity contribution in [3.63, 3.8) is 0 Å². The maximum absolute atomic E-state index is 11.7. The van der Waals surface area contributed by atoms with Gasteiger partial charge in [0.25, 0.3) is 0 Å². The van der Waals surface area contributed by atoms with E-state index in [1.807, 2.05) is 0 Å². The van der Waals surface area contributed by atoms with Crippen molar-refractivity contribution in [2.75, 3.05) is 26.0 Å². The minimum atomic E-state index is -3.33. The van der Waals surface area contributed by atoms with Crippen LogP contribution < -0.4 is 4.72 Å². The zero-order chi connectivity index (χ0) is 14.3. The number of sulfonamides is 1. The summed E-state index contributed by atoms with van der Waals surface area (Å²) in [7, 11) is -1.80. The van der Waals surface area contributed by atoms with Crippen LogP contribution in [0.25, 0.3) is 0 Å². The number of methoxy groups -OCH3 is 1. The number of hydrogen-bond acceptors (Lipinski definition) is 4. The predicted octanol–water partition coefficient (Wildman–Crippen LogP) is 0.833. The van der Waals surface area contributed by atoms with Crippen LogP contribution in [0.3, 0.4) is 0 Å². The fourth-order valence-electron chi connectivity index (χ4n) is 2.48. The number of rotatable bonds is 8. The minimum Gasteiger partial charge on any atom is -0.481 e. The van der Waals surface area contributed by atoms with E-state index >= 15 is 0 Å². The van der Waals surface area contributed by atoms with Crippen LogP contribution in [0.4, 0.5) is 0 Å². The monoisotopic (exact) mass is 293 g/mol. The summed E-state index contributed by atoms with van der Waals surface area (Å²) in [6.45, 7) is 0.633. The fourth-order valence-corrected chi connectivity index (χ4v) is 3.59. The molecule has 1 fully saturated rings. The molecule has 0 amide bonds. The van der Waals surface area contributed by atoms with E-state index in [2.05, 4.69) is 4.72 Å². The number of ether oxygens (including phenoxy) is 1. The summed E-state index contributed by atoms with van der Waals surface area (Å²) in [5.74, 6) is -1.31. The maximum Gasteiger partial charge on any atom is 0.306 e. The van der Waals surface area contributed by atoms with Gasteiger partial charge in [0.15, 0.2) is 0 Å². The number of carboxylic acid groups (broad SMARTS) is 1. The molecule has 0 heterocycles. The first kappa shape index (κ1) is 16.4. The molecular formula is C12H23NO5S. The molecule has 2 N–H and O–H groups in total. The van der Waals surface area contributed by atoms with Gasteiger partial charge in [-0.2, -0.15) is 0 Å². The predicted molar refractivity (Wildman–Crippen MR) is 71.4 cm³/mol. The lowest BCUT2D eigenvalue weighted by atomic mass is 9.79. The molecular weight excluding hydrogens is 270 g/mol. The van der Waals surface area contributed by atoms with Gasteiger partial charge < -0.3 is 9.84 Å². The van der Waals surface area contributed by atoms with Gasteiger partial charge in [-0.05, 0) is 25.2 Å². The molecule has 6 nitrogen and oxygen atoms in total. The van der Waals surface area contributed by atoms with E-state index in [-0.39, 0.29) is 18.2 Å². The molecule has 7 heteroatoms. The molecule has 1 aliphatic carbocycles. The average molecular weight is 293 g/mol. The zero-order valence-electron chi connectivity index (χ0n) is 11.3. The second-order valence-electron chi connectivity index (χ2n) is 5.00. The van der Waals surface area contributed by atoms with Crippen LogP contribution in [-0.4, -0.2) is 45.5 Å². The summed E-state index contributed by atoms with van der Waals surface area (Å²) in [6, 6.07) is 0. The molecule has 1 rings (SSSR count). The summed E-state index contributed by atoms with van der Waals surface area (Å²) in [5, 5.41) is 9.12. The zero-order valence-corrected chi connectivity index (χ0v) is 12.1. The van der Waals surface area contributed by atoms with Crippen molar-refractivity contribution >= 4 is 16.0 Å². The molecule has 0 spiro atoms. The number of carboxylic acids is 1. The Balaban J connectivity index is 2.43. The normalized spacial score (nSPS) is 24.3.